The maximum absolute atomic E-state index is 13.0. The van der Waals surface area contributed by atoms with E-state index in [-0.39, 0.29) is 5.92 Å². The van der Waals surface area contributed by atoms with Crippen molar-refractivity contribution in [3.8, 4) is 0 Å². The van der Waals surface area contributed by atoms with Crippen LogP contribution >= 0.6 is 0 Å². The van der Waals surface area contributed by atoms with Crippen LogP contribution in [0.25, 0.3) is 0 Å². The van der Waals surface area contributed by atoms with Crippen molar-refractivity contribution in [2.75, 3.05) is 6.54 Å². The summed E-state index contributed by atoms with van der Waals surface area (Å²) in [6, 6.07) is 0. The number of hydrogen-bond donors (Lipinski definition) is 1. The Labute approximate surface area is 61.8 Å². The first-order chi connectivity index (χ1) is 4.84. The van der Waals surface area contributed by atoms with Gasteiger partial charge in [0.15, 0.2) is 0 Å². The van der Waals surface area contributed by atoms with E-state index < -0.39 is 6.17 Å². The number of halogens is 1. The van der Waals surface area contributed by atoms with E-state index in [9.17, 15) is 4.39 Å². The molecule has 0 aliphatic heterocycles. The molecule has 0 aromatic carbocycles. The average Bonchev–Trinajstić information content (AvgIpc) is 1.94. The fraction of sp³-hybridized carbons (Fsp3) is 1.00. The normalized spacial score (nSPS) is 34.2. The molecule has 1 aliphatic carbocycles. The van der Waals surface area contributed by atoms with Crippen LogP contribution in [0.2, 0.25) is 0 Å². The van der Waals surface area contributed by atoms with Crippen LogP contribution in [0, 0.1) is 5.92 Å². The molecule has 1 fully saturated rings. The van der Waals surface area contributed by atoms with Gasteiger partial charge < -0.3 is 5.73 Å². The lowest BCUT2D eigenvalue weighted by Crippen LogP contribution is -2.23. The Balaban J connectivity index is 2.25. The average molecular weight is 145 g/mol. The van der Waals surface area contributed by atoms with Crippen LogP contribution in [0.15, 0.2) is 0 Å². The highest BCUT2D eigenvalue weighted by Gasteiger charge is 2.23. The minimum absolute atomic E-state index is 0.277. The summed E-state index contributed by atoms with van der Waals surface area (Å²) in [5, 5.41) is 0. The van der Waals surface area contributed by atoms with E-state index in [1.54, 1.807) is 0 Å². The van der Waals surface area contributed by atoms with Crippen LogP contribution in [-0.2, 0) is 0 Å². The number of nitrogens with two attached hydrogens (primary N) is 1. The molecule has 10 heavy (non-hydrogen) atoms. The van der Waals surface area contributed by atoms with Gasteiger partial charge in [-0.15, -0.1) is 0 Å². The van der Waals surface area contributed by atoms with Gasteiger partial charge in [0, 0.05) is 0 Å². The second kappa shape index (κ2) is 3.91. The van der Waals surface area contributed by atoms with Gasteiger partial charge in [0.05, 0.1) is 0 Å². The van der Waals surface area contributed by atoms with E-state index in [1.165, 1.54) is 6.42 Å². The predicted molar refractivity (Wildman–Crippen MR) is 40.5 cm³/mol. The lowest BCUT2D eigenvalue weighted by molar-refractivity contribution is 0.159. The third kappa shape index (κ3) is 1.94. The lowest BCUT2D eigenvalue weighted by atomic mass is 9.85. The standard InChI is InChI=1S/C8H16FN/c9-8-4-2-1-3-7(8)5-6-10/h7-8H,1-6,10H2. The van der Waals surface area contributed by atoms with Crippen molar-refractivity contribution in [3.05, 3.63) is 0 Å². The second-order valence-corrected chi connectivity index (χ2v) is 3.14. The Kier molecular flexibility index (Phi) is 3.13. The van der Waals surface area contributed by atoms with E-state index in [0.717, 1.165) is 25.7 Å². The smallest absolute Gasteiger partial charge is 0.103 e. The number of rotatable bonds is 2. The largest absolute Gasteiger partial charge is 0.330 e. The van der Waals surface area contributed by atoms with Crippen molar-refractivity contribution < 1.29 is 4.39 Å². The van der Waals surface area contributed by atoms with E-state index in [1.807, 2.05) is 0 Å². The third-order valence-corrected chi connectivity index (χ3v) is 2.35. The molecule has 2 heteroatoms. The molecule has 2 N–H and O–H groups in total. The molecule has 1 aliphatic rings. The van der Waals surface area contributed by atoms with E-state index in [4.69, 9.17) is 5.73 Å². The molecule has 0 aromatic heterocycles. The third-order valence-electron chi connectivity index (χ3n) is 2.35. The highest BCUT2D eigenvalue weighted by molar-refractivity contribution is 4.74. The van der Waals surface area contributed by atoms with E-state index in [0.29, 0.717) is 6.54 Å². The Hall–Kier alpha value is -0.110. The maximum Gasteiger partial charge on any atom is 0.103 e. The van der Waals surface area contributed by atoms with Crippen LogP contribution in [0.4, 0.5) is 4.39 Å². The number of hydrogen-bond acceptors (Lipinski definition) is 1. The van der Waals surface area contributed by atoms with Crippen molar-refractivity contribution in [1.82, 2.24) is 0 Å². The van der Waals surface area contributed by atoms with Crippen molar-refractivity contribution in [2.45, 2.75) is 38.3 Å². The van der Waals surface area contributed by atoms with Gasteiger partial charge >= 0.3 is 0 Å². The van der Waals surface area contributed by atoms with Crippen LogP contribution < -0.4 is 5.73 Å². The Bertz CT molecular complexity index is 93.3. The first-order valence-corrected chi connectivity index (χ1v) is 4.18. The molecule has 60 valence electrons. The Morgan fingerprint density at radius 2 is 2.00 bits per heavy atom. The van der Waals surface area contributed by atoms with Gasteiger partial charge in [0.2, 0.25) is 0 Å². The highest BCUT2D eigenvalue weighted by atomic mass is 19.1. The summed E-state index contributed by atoms with van der Waals surface area (Å²) < 4.78 is 13.0. The molecular weight excluding hydrogens is 129 g/mol. The molecule has 1 saturated carbocycles. The monoisotopic (exact) mass is 145 g/mol. The SMILES string of the molecule is NCCC1CCCCC1F. The van der Waals surface area contributed by atoms with Gasteiger partial charge in [0.1, 0.15) is 6.17 Å². The van der Waals surface area contributed by atoms with Crippen molar-refractivity contribution >= 4 is 0 Å². The Morgan fingerprint density at radius 1 is 1.30 bits per heavy atom. The first kappa shape index (κ1) is 7.99. The van der Waals surface area contributed by atoms with E-state index in [2.05, 4.69) is 0 Å². The Morgan fingerprint density at radius 3 is 2.60 bits per heavy atom. The molecule has 0 heterocycles. The van der Waals surface area contributed by atoms with Crippen LogP contribution in [0.3, 0.4) is 0 Å². The van der Waals surface area contributed by atoms with Crippen molar-refractivity contribution in [2.24, 2.45) is 11.7 Å². The molecule has 1 rings (SSSR count). The minimum Gasteiger partial charge on any atom is -0.330 e. The van der Waals surface area contributed by atoms with Crippen LogP contribution in [0.1, 0.15) is 32.1 Å². The van der Waals surface area contributed by atoms with Gasteiger partial charge in [-0.2, -0.15) is 0 Å². The van der Waals surface area contributed by atoms with Gasteiger partial charge in [-0.3, -0.25) is 0 Å². The summed E-state index contributed by atoms with van der Waals surface area (Å²) in [7, 11) is 0. The number of alkyl halides is 1. The van der Waals surface area contributed by atoms with Gasteiger partial charge in [-0.1, -0.05) is 12.8 Å². The molecule has 0 radical (unpaired) electrons. The lowest BCUT2D eigenvalue weighted by Gasteiger charge is -2.24. The first-order valence-electron chi connectivity index (χ1n) is 4.18. The predicted octanol–water partition coefficient (Wildman–Crippen LogP) is 1.86. The molecule has 0 amide bonds. The second-order valence-electron chi connectivity index (χ2n) is 3.14. The zero-order chi connectivity index (χ0) is 7.40. The topological polar surface area (TPSA) is 26.0 Å². The van der Waals surface area contributed by atoms with E-state index >= 15 is 0 Å². The zero-order valence-corrected chi connectivity index (χ0v) is 6.35. The summed E-state index contributed by atoms with van der Waals surface area (Å²) in [6.07, 6.45) is 4.41. The summed E-state index contributed by atoms with van der Waals surface area (Å²) in [5.41, 5.74) is 5.35. The quantitative estimate of drug-likeness (QED) is 0.630. The molecule has 0 saturated heterocycles. The molecule has 2 atom stereocenters. The fourth-order valence-electron chi connectivity index (χ4n) is 1.70. The highest BCUT2D eigenvalue weighted by Crippen LogP contribution is 2.28. The van der Waals surface area contributed by atoms with Crippen molar-refractivity contribution in [3.63, 3.8) is 0 Å². The molecule has 0 aromatic rings. The van der Waals surface area contributed by atoms with Crippen LogP contribution in [0.5, 0.6) is 0 Å². The minimum atomic E-state index is -0.558. The van der Waals surface area contributed by atoms with Gasteiger partial charge in [0.25, 0.3) is 0 Å². The summed E-state index contributed by atoms with van der Waals surface area (Å²) in [5.74, 6) is 0.277. The fourth-order valence-corrected chi connectivity index (χ4v) is 1.70. The van der Waals surface area contributed by atoms with Crippen LogP contribution in [-0.4, -0.2) is 12.7 Å². The molecule has 0 spiro atoms. The summed E-state index contributed by atoms with van der Waals surface area (Å²) in [6.45, 7) is 0.644. The molecule has 0 bridgehead atoms. The summed E-state index contributed by atoms with van der Waals surface area (Å²) >= 11 is 0. The van der Waals surface area contributed by atoms with Crippen molar-refractivity contribution in [1.29, 1.82) is 0 Å². The van der Waals surface area contributed by atoms with Gasteiger partial charge in [-0.05, 0) is 31.7 Å². The van der Waals surface area contributed by atoms with Gasteiger partial charge in [-0.25, -0.2) is 4.39 Å². The molecular formula is C8H16FN. The zero-order valence-electron chi connectivity index (χ0n) is 6.35. The molecule has 1 nitrogen and oxygen atoms in total. The molecule has 2 unspecified atom stereocenters. The maximum atomic E-state index is 13.0. The summed E-state index contributed by atoms with van der Waals surface area (Å²) in [4.78, 5) is 0.